The van der Waals surface area contributed by atoms with Crippen molar-refractivity contribution in [3.8, 4) is 11.5 Å². The van der Waals surface area contributed by atoms with Crippen molar-refractivity contribution >= 4 is 11.6 Å². The number of hydrogen-bond donors (Lipinski definition) is 1. The number of rotatable bonds is 5. The van der Waals surface area contributed by atoms with E-state index < -0.39 is 0 Å². The number of oxazole rings is 1. The molecule has 3 aromatic rings. The Labute approximate surface area is 156 Å². The van der Waals surface area contributed by atoms with Gasteiger partial charge in [-0.1, -0.05) is 30.3 Å². The van der Waals surface area contributed by atoms with Gasteiger partial charge in [0.05, 0.1) is 11.3 Å². The second-order valence-corrected chi connectivity index (χ2v) is 6.62. The van der Waals surface area contributed by atoms with Crippen LogP contribution in [0, 0.1) is 12.7 Å². The summed E-state index contributed by atoms with van der Waals surface area (Å²) in [4.78, 5) is 18.5. The van der Waals surface area contributed by atoms with Gasteiger partial charge in [-0.2, -0.15) is 0 Å². The van der Waals surface area contributed by atoms with Gasteiger partial charge in [-0.3, -0.25) is 4.79 Å². The highest BCUT2D eigenvalue weighted by Gasteiger charge is 2.30. The molecule has 27 heavy (non-hydrogen) atoms. The molecule has 1 saturated heterocycles. The molecule has 6 heteroatoms. The summed E-state index contributed by atoms with van der Waals surface area (Å²) in [6, 6.07) is 16.1. The van der Waals surface area contributed by atoms with Crippen LogP contribution in [-0.4, -0.2) is 23.5 Å². The fourth-order valence-corrected chi connectivity index (χ4v) is 3.28. The molecule has 1 amide bonds. The number of para-hydroxylation sites is 1. The van der Waals surface area contributed by atoms with Crippen LogP contribution in [0.25, 0.3) is 11.5 Å². The molecule has 0 saturated carbocycles. The molecule has 0 bridgehead atoms. The summed E-state index contributed by atoms with van der Waals surface area (Å²) in [5.74, 6) is 0.654. The largest absolute Gasteiger partial charge is 0.441 e. The van der Waals surface area contributed by atoms with Crippen molar-refractivity contribution in [3.63, 3.8) is 0 Å². The number of aromatic nitrogens is 1. The fraction of sp³-hybridized carbons (Fsp3) is 0.238. The number of hydrogen-bond acceptors (Lipinski definition) is 4. The standard InChI is InChI=1S/C21H20FN3O2/c1-14-19(24-21(27-14)17-9-5-6-10-18(17)22)12-23-15-11-20(26)25(13-15)16-7-3-2-4-8-16/h2-10,15,23H,11-13H2,1H3/t15-/m1/s1. The normalized spacial score (nSPS) is 16.9. The molecule has 1 aliphatic heterocycles. The second-order valence-electron chi connectivity index (χ2n) is 6.62. The molecule has 2 aromatic carbocycles. The molecule has 5 nitrogen and oxygen atoms in total. The lowest BCUT2D eigenvalue weighted by Crippen LogP contribution is -2.32. The van der Waals surface area contributed by atoms with E-state index in [9.17, 15) is 9.18 Å². The Morgan fingerprint density at radius 2 is 1.93 bits per heavy atom. The summed E-state index contributed by atoms with van der Waals surface area (Å²) in [5, 5.41) is 3.37. The monoisotopic (exact) mass is 365 g/mol. The van der Waals surface area contributed by atoms with Gasteiger partial charge in [0.1, 0.15) is 11.6 Å². The predicted molar refractivity (Wildman–Crippen MR) is 101 cm³/mol. The van der Waals surface area contributed by atoms with E-state index in [-0.39, 0.29) is 23.7 Å². The Morgan fingerprint density at radius 1 is 1.19 bits per heavy atom. The first-order valence-electron chi connectivity index (χ1n) is 8.92. The average Bonchev–Trinajstić information content (AvgIpc) is 3.23. The maximum absolute atomic E-state index is 13.9. The van der Waals surface area contributed by atoms with Gasteiger partial charge in [-0.25, -0.2) is 9.37 Å². The Bertz CT molecular complexity index is 955. The molecule has 2 heterocycles. The minimum Gasteiger partial charge on any atom is -0.441 e. The van der Waals surface area contributed by atoms with Gasteiger partial charge in [0.25, 0.3) is 0 Å². The summed E-state index contributed by atoms with van der Waals surface area (Å²) >= 11 is 0. The minimum atomic E-state index is -0.363. The van der Waals surface area contributed by atoms with Gasteiger partial charge < -0.3 is 14.6 Å². The summed E-state index contributed by atoms with van der Waals surface area (Å²) < 4.78 is 19.6. The minimum absolute atomic E-state index is 0.0331. The van der Waals surface area contributed by atoms with Crippen LogP contribution >= 0.6 is 0 Å². The van der Waals surface area contributed by atoms with Crippen molar-refractivity contribution < 1.29 is 13.6 Å². The molecule has 0 radical (unpaired) electrons. The fourth-order valence-electron chi connectivity index (χ4n) is 3.28. The number of nitrogens with one attached hydrogen (secondary N) is 1. The van der Waals surface area contributed by atoms with E-state index in [1.54, 1.807) is 23.1 Å². The Hall–Kier alpha value is -2.99. The van der Waals surface area contributed by atoms with E-state index in [0.29, 0.717) is 30.8 Å². The van der Waals surface area contributed by atoms with Crippen molar-refractivity contribution in [1.82, 2.24) is 10.3 Å². The van der Waals surface area contributed by atoms with Crippen LogP contribution < -0.4 is 10.2 Å². The summed E-state index contributed by atoms with van der Waals surface area (Å²) in [5.41, 5.74) is 1.98. The first-order valence-corrected chi connectivity index (χ1v) is 8.92. The smallest absolute Gasteiger partial charge is 0.229 e. The predicted octanol–water partition coefficient (Wildman–Crippen LogP) is 3.68. The molecular formula is C21H20FN3O2. The van der Waals surface area contributed by atoms with Crippen molar-refractivity contribution in [2.45, 2.75) is 25.9 Å². The number of benzene rings is 2. The Balaban J connectivity index is 1.43. The van der Waals surface area contributed by atoms with E-state index >= 15 is 0 Å². The molecular weight excluding hydrogens is 345 g/mol. The molecule has 1 aliphatic rings. The zero-order valence-corrected chi connectivity index (χ0v) is 15.0. The third kappa shape index (κ3) is 3.61. The van der Waals surface area contributed by atoms with Gasteiger partial charge in [-0.05, 0) is 31.2 Å². The Kier molecular flexibility index (Phi) is 4.73. The quantitative estimate of drug-likeness (QED) is 0.749. The number of carbonyl (C=O) groups excluding carboxylic acids is 1. The molecule has 138 valence electrons. The molecule has 1 N–H and O–H groups in total. The van der Waals surface area contributed by atoms with Crippen molar-refractivity contribution in [3.05, 3.63) is 71.9 Å². The van der Waals surface area contributed by atoms with E-state index in [0.717, 1.165) is 11.4 Å². The first kappa shape index (κ1) is 17.4. The van der Waals surface area contributed by atoms with Gasteiger partial charge in [-0.15, -0.1) is 0 Å². The highest BCUT2D eigenvalue weighted by molar-refractivity contribution is 5.96. The molecule has 0 aliphatic carbocycles. The van der Waals surface area contributed by atoms with E-state index in [4.69, 9.17) is 4.42 Å². The number of anilines is 1. The van der Waals surface area contributed by atoms with Gasteiger partial charge in [0.2, 0.25) is 11.8 Å². The lowest BCUT2D eigenvalue weighted by Gasteiger charge is -2.16. The maximum atomic E-state index is 13.9. The van der Waals surface area contributed by atoms with Crippen LogP contribution in [0.4, 0.5) is 10.1 Å². The molecule has 1 fully saturated rings. The number of amides is 1. The summed E-state index contributed by atoms with van der Waals surface area (Å²) in [7, 11) is 0. The van der Waals surface area contributed by atoms with Crippen LogP contribution in [0.2, 0.25) is 0 Å². The molecule has 0 unspecified atom stereocenters. The van der Waals surface area contributed by atoms with Crippen molar-refractivity contribution in [2.75, 3.05) is 11.4 Å². The van der Waals surface area contributed by atoms with Crippen LogP contribution in [0.5, 0.6) is 0 Å². The highest BCUT2D eigenvalue weighted by atomic mass is 19.1. The highest BCUT2D eigenvalue weighted by Crippen LogP contribution is 2.25. The zero-order valence-electron chi connectivity index (χ0n) is 15.0. The average molecular weight is 365 g/mol. The topological polar surface area (TPSA) is 58.4 Å². The lowest BCUT2D eigenvalue weighted by molar-refractivity contribution is -0.117. The summed E-state index contributed by atoms with van der Waals surface area (Å²) in [6.07, 6.45) is 0.436. The third-order valence-corrected chi connectivity index (χ3v) is 4.75. The number of aryl methyl sites for hydroxylation is 1. The van der Waals surface area contributed by atoms with Crippen LogP contribution in [0.1, 0.15) is 17.9 Å². The van der Waals surface area contributed by atoms with Crippen molar-refractivity contribution in [1.29, 1.82) is 0 Å². The molecule has 4 rings (SSSR count). The summed E-state index contributed by atoms with van der Waals surface area (Å²) in [6.45, 7) is 2.88. The van der Waals surface area contributed by atoms with E-state index in [2.05, 4.69) is 10.3 Å². The number of nitrogens with zero attached hydrogens (tertiary/aromatic N) is 2. The molecule has 1 aromatic heterocycles. The van der Waals surface area contributed by atoms with E-state index in [1.807, 2.05) is 37.3 Å². The number of halogens is 1. The Morgan fingerprint density at radius 3 is 2.70 bits per heavy atom. The molecule has 0 spiro atoms. The molecule has 1 atom stereocenters. The SMILES string of the molecule is Cc1oc(-c2ccccc2F)nc1CN[C@@H]1CC(=O)N(c2ccccc2)C1. The van der Waals surface area contributed by atoms with Gasteiger partial charge >= 0.3 is 0 Å². The first-order chi connectivity index (χ1) is 13.1. The van der Waals surface area contributed by atoms with Crippen LogP contribution in [0.3, 0.4) is 0 Å². The second kappa shape index (κ2) is 7.32. The third-order valence-electron chi connectivity index (χ3n) is 4.75. The van der Waals surface area contributed by atoms with Gasteiger partial charge in [0, 0.05) is 31.2 Å². The van der Waals surface area contributed by atoms with Crippen molar-refractivity contribution in [2.24, 2.45) is 0 Å². The van der Waals surface area contributed by atoms with Crippen LogP contribution in [0.15, 0.2) is 59.0 Å². The lowest BCUT2D eigenvalue weighted by atomic mass is 10.2. The van der Waals surface area contributed by atoms with Gasteiger partial charge in [0.15, 0.2) is 0 Å². The maximum Gasteiger partial charge on any atom is 0.229 e. The van der Waals surface area contributed by atoms with E-state index in [1.165, 1.54) is 6.07 Å². The van der Waals surface area contributed by atoms with Crippen LogP contribution in [-0.2, 0) is 11.3 Å². The number of carbonyl (C=O) groups is 1. The zero-order chi connectivity index (χ0) is 18.8.